The molecule has 0 radical (unpaired) electrons. The van der Waals surface area contributed by atoms with Crippen molar-refractivity contribution in [3.63, 3.8) is 0 Å². The van der Waals surface area contributed by atoms with Gasteiger partial charge in [-0.05, 0) is 30.2 Å². The summed E-state index contributed by atoms with van der Waals surface area (Å²) < 4.78 is 45.3. The Hall–Kier alpha value is -2.91. The molecule has 0 spiro atoms. The van der Waals surface area contributed by atoms with Crippen molar-refractivity contribution in [2.75, 3.05) is 25.0 Å². The largest absolute Gasteiger partial charge is 0.462 e. The number of anilines is 1. The van der Waals surface area contributed by atoms with Crippen LogP contribution in [0.5, 0.6) is 0 Å². The number of nitrogens with one attached hydrogen (secondary N) is 1. The third-order valence-electron chi connectivity index (χ3n) is 4.18. The Morgan fingerprint density at radius 3 is 2.60 bits per heavy atom. The first-order valence-electron chi connectivity index (χ1n) is 9.24. The van der Waals surface area contributed by atoms with Crippen LogP contribution in [0.4, 0.5) is 19.0 Å². The normalized spacial score (nSPS) is 11.4. The molecule has 0 saturated heterocycles. The van der Waals surface area contributed by atoms with Crippen LogP contribution in [0.1, 0.15) is 22.2 Å². The molecule has 0 amide bonds. The highest BCUT2D eigenvalue weighted by Crippen LogP contribution is 2.39. The molecule has 3 aromatic rings. The number of hydrogen-bond acceptors (Lipinski definition) is 6. The molecule has 0 aliphatic carbocycles. The minimum absolute atomic E-state index is 0.0792. The number of ether oxygens (including phenoxy) is 1. The van der Waals surface area contributed by atoms with E-state index in [9.17, 15) is 18.0 Å². The van der Waals surface area contributed by atoms with Crippen LogP contribution in [0.3, 0.4) is 0 Å². The van der Waals surface area contributed by atoms with Crippen LogP contribution in [0.25, 0.3) is 21.7 Å². The molecule has 1 aromatic heterocycles. The van der Waals surface area contributed by atoms with Crippen molar-refractivity contribution in [1.82, 2.24) is 4.98 Å². The Balaban J connectivity index is 2.04. The first-order valence-corrected chi connectivity index (χ1v) is 10.1. The Morgan fingerprint density at radius 1 is 1.17 bits per heavy atom. The topological polar surface area (TPSA) is 77.2 Å². The van der Waals surface area contributed by atoms with Crippen molar-refractivity contribution in [3.05, 3.63) is 59.0 Å². The van der Waals surface area contributed by atoms with Gasteiger partial charge in [-0.2, -0.15) is 13.2 Å². The number of aromatic nitrogens is 1. The molecule has 3 rings (SSSR count). The summed E-state index contributed by atoms with van der Waals surface area (Å²) in [6.45, 7) is 2.67. The zero-order valence-electron chi connectivity index (χ0n) is 16.1. The molecule has 0 aliphatic heterocycles. The lowest BCUT2D eigenvalue weighted by Crippen LogP contribution is -2.15. The average molecular weight is 435 g/mol. The molecule has 0 aliphatic rings. The van der Waals surface area contributed by atoms with Gasteiger partial charge < -0.3 is 15.8 Å². The molecule has 30 heavy (non-hydrogen) atoms. The fraction of sp³-hybridized carbons (Fsp3) is 0.238. The highest BCUT2D eigenvalue weighted by atomic mass is 32.1. The molecule has 5 nitrogen and oxygen atoms in total. The van der Waals surface area contributed by atoms with E-state index in [0.717, 1.165) is 17.4 Å². The van der Waals surface area contributed by atoms with E-state index in [4.69, 9.17) is 10.5 Å². The number of esters is 1. The fourth-order valence-corrected chi connectivity index (χ4v) is 3.82. The molecule has 9 heteroatoms. The van der Waals surface area contributed by atoms with Gasteiger partial charge in [0.05, 0.1) is 12.2 Å². The summed E-state index contributed by atoms with van der Waals surface area (Å²) >= 11 is 1.11. The second kappa shape index (κ2) is 9.27. The smallest absolute Gasteiger partial charge is 0.417 e. The summed E-state index contributed by atoms with van der Waals surface area (Å²) in [6, 6.07) is 12.1. The maximum absolute atomic E-state index is 13.4. The number of hydrogen-bond donors (Lipinski definition) is 2. The summed E-state index contributed by atoms with van der Waals surface area (Å²) in [5.41, 5.74) is 5.89. The zero-order valence-corrected chi connectivity index (χ0v) is 16.9. The van der Waals surface area contributed by atoms with Crippen LogP contribution in [-0.2, 0) is 10.9 Å². The quantitative estimate of drug-likeness (QED) is 0.508. The predicted octanol–water partition coefficient (Wildman–Crippen LogP) is 5.04. The first-order chi connectivity index (χ1) is 14.3. The molecule has 0 atom stereocenters. The highest BCUT2D eigenvalue weighted by molar-refractivity contribution is 7.17. The lowest BCUT2D eigenvalue weighted by Gasteiger charge is -2.13. The number of alkyl halides is 3. The Morgan fingerprint density at radius 2 is 1.90 bits per heavy atom. The van der Waals surface area contributed by atoms with Crippen LogP contribution in [0.2, 0.25) is 0 Å². The first kappa shape index (κ1) is 21.8. The summed E-state index contributed by atoms with van der Waals surface area (Å²) in [5, 5.41) is 3.48. The van der Waals surface area contributed by atoms with Gasteiger partial charge in [-0.3, -0.25) is 0 Å². The Labute approximate surface area is 175 Å². The highest BCUT2D eigenvalue weighted by Gasteiger charge is 2.33. The van der Waals surface area contributed by atoms with E-state index in [2.05, 4.69) is 10.3 Å². The number of benzene rings is 2. The predicted molar refractivity (Wildman–Crippen MR) is 111 cm³/mol. The van der Waals surface area contributed by atoms with Gasteiger partial charge >= 0.3 is 12.1 Å². The molecule has 3 N–H and O–H groups in total. The van der Waals surface area contributed by atoms with E-state index >= 15 is 0 Å². The molecular formula is C21H20F3N3O2S. The van der Waals surface area contributed by atoms with E-state index in [1.165, 1.54) is 12.1 Å². The molecule has 1 heterocycles. The Kier molecular flexibility index (Phi) is 6.73. The monoisotopic (exact) mass is 435 g/mol. The molecule has 0 unspecified atom stereocenters. The number of rotatable bonds is 7. The van der Waals surface area contributed by atoms with Gasteiger partial charge in [-0.15, -0.1) is 11.3 Å². The molecule has 158 valence electrons. The number of nitrogens with two attached hydrogens (primary N) is 1. The molecule has 2 aromatic carbocycles. The second-order valence-corrected chi connectivity index (χ2v) is 7.26. The molecule has 0 saturated carbocycles. The van der Waals surface area contributed by atoms with Crippen molar-refractivity contribution >= 4 is 23.1 Å². The molecule has 0 fully saturated rings. The Bertz CT molecular complexity index is 1030. The van der Waals surface area contributed by atoms with Crippen molar-refractivity contribution < 1.29 is 22.7 Å². The van der Waals surface area contributed by atoms with Crippen LogP contribution in [-0.4, -0.2) is 30.6 Å². The van der Waals surface area contributed by atoms with Gasteiger partial charge in [-0.1, -0.05) is 36.4 Å². The van der Waals surface area contributed by atoms with E-state index < -0.39 is 17.7 Å². The van der Waals surface area contributed by atoms with Gasteiger partial charge in [-0.25, -0.2) is 9.78 Å². The van der Waals surface area contributed by atoms with Crippen molar-refractivity contribution in [3.8, 4) is 21.7 Å². The maximum atomic E-state index is 13.4. The van der Waals surface area contributed by atoms with Crippen LogP contribution < -0.4 is 11.1 Å². The molecule has 0 bridgehead atoms. The van der Waals surface area contributed by atoms with Gasteiger partial charge in [0.25, 0.3) is 0 Å². The van der Waals surface area contributed by atoms with E-state index in [0.29, 0.717) is 39.9 Å². The van der Waals surface area contributed by atoms with Gasteiger partial charge in [0, 0.05) is 18.7 Å². The van der Waals surface area contributed by atoms with E-state index in [-0.39, 0.29) is 12.2 Å². The number of carbonyl (C=O) groups excluding carboxylic acids is 1. The van der Waals surface area contributed by atoms with Crippen molar-refractivity contribution in [2.24, 2.45) is 5.73 Å². The van der Waals surface area contributed by atoms with Crippen LogP contribution in [0.15, 0.2) is 48.5 Å². The van der Waals surface area contributed by atoms with E-state index in [1.807, 2.05) is 0 Å². The third-order valence-corrected chi connectivity index (χ3v) is 5.26. The third kappa shape index (κ3) is 4.80. The number of thiazole rings is 1. The SMILES string of the molecule is CCOC(=O)c1sc(-c2cccc(-c3ccccc3C(F)(F)F)c2)nc1NCCN. The summed E-state index contributed by atoms with van der Waals surface area (Å²) in [5.74, 6) is -0.167. The standard InChI is InChI=1S/C21H20F3N3O2S/c1-2-29-20(28)17-18(26-11-10-25)27-19(30-17)14-7-5-6-13(12-14)15-8-3-4-9-16(15)21(22,23)24/h3-9,12,26H,2,10-11,25H2,1H3. The second-order valence-electron chi connectivity index (χ2n) is 6.26. The van der Waals surface area contributed by atoms with Crippen molar-refractivity contribution in [2.45, 2.75) is 13.1 Å². The van der Waals surface area contributed by atoms with Gasteiger partial charge in [0.1, 0.15) is 5.01 Å². The zero-order chi connectivity index (χ0) is 21.7. The van der Waals surface area contributed by atoms with Gasteiger partial charge in [0.15, 0.2) is 10.7 Å². The number of nitrogens with zero attached hydrogens (tertiary/aromatic N) is 1. The number of halogens is 3. The average Bonchev–Trinajstić information content (AvgIpc) is 3.16. The maximum Gasteiger partial charge on any atom is 0.417 e. The number of carbonyl (C=O) groups is 1. The van der Waals surface area contributed by atoms with Gasteiger partial charge in [0.2, 0.25) is 0 Å². The fourth-order valence-electron chi connectivity index (χ4n) is 2.89. The minimum Gasteiger partial charge on any atom is -0.462 e. The lowest BCUT2D eigenvalue weighted by molar-refractivity contribution is -0.137. The lowest BCUT2D eigenvalue weighted by atomic mass is 9.98. The summed E-state index contributed by atoms with van der Waals surface area (Å²) in [7, 11) is 0. The van der Waals surface area contributed by atoms with Crippen LogP contribution >= 0.6 is 11.3 Å². The van der Waals surface area contributed by atoms with E-state index in [1.54, 1.807) is 37.3 Å². The van der Waals surface area contributed by atoms with Crippen LogP contribution in [0, 0.1) is 0 Å². The summed E-state index contributed by atoms with van der Waals surface area (Å²) in [4.78, 5) is 17.0. The minimum atomic E-state index is -4.47. The molecular weight excluding hydrogens is 415 g/mol. The van der Waals surface area contributed by atoms with Crippen molar-refractivity contribution in [1.29, 1.82) is 0 Å². The summed E-state index contributed by atoms with van der Waals surface area (Å²) in [6.07, 6.45) is -4.47.